The van der Waals surface area contributed by atoms with Gasteiger partial charge in [-0.25, -0.2) is 4.99 Å². The quantitative estimate of drug-likeness (QED) is 0.258. The summed E-state index contributed by atoms with van der Waals surface area (Å²) in [5.41, 5.74) is 1.66. The van der Waals surface area contributed by atoms with Gasteiger partial charge in [0.25, 0.3) is 5.69 Å². The number of rotatable bonds is 9. The molecule has 0 aliphatic carbocycles. The van der Waals surface area contributed by atoms with Crippen LogP contribution in [0.3, 0.4) is 0 Å². The van der Waals surface area contributed by atoms with E-state index in [9.17, 15) is 15.2 Å². The summed E-state index contributed by atoms with van der Waals surface area (Å²) in [6, 6.07) is 13.7. The second-order valence-corrected chi connectivity index (χ2v) is 6.75. The average molecular weight is 400 g/mol. The molecule has 8 nitrogen and oxygen atoms in total. The van der Waals surface area contributed by atoms with Crippen molar-refractivity contribution in [2.75, 3.05) is 13.1 Å². The number of aliphatic imine (C=N–C) groups is 1. The molecule has 3 N–H and O–H groups in total. The fourth-order valence-corrected chi connectivity index (χ4v) is 2.61. The lowest BCUT2D eigenvalue weighted by Gasteiger charge is -2.17. The highest BCUT2D eigenvalue weighted by molar-refractivity contribution is 5.79. The number of nitro benzene ring substituents is 1. The van der Waals surface area contributed by atoms with E-state index in [-0.39, 0.29) is 18.3 Å². The Morgan fingerprint density at radius 3 is 2.55 bits per heavy atom. The van der Waals surface area contributed by atoms with E-state index in [1.165, 1.54) is 12.1 Å². The van der Waals surface area contributed by atoms with Crippen LogP contribution in [0.4, 0.5) is 5.69 Å². The number of hydrogen-bond acceptors (Lipinski definition) is 5. The minimum Gasteiger partial charge on any atom is -0.491 e. The minimum atomic E-state index is -0.728. The molecule has 1 unspecified atom stereocenters. The van der Waals surface area contributed by atoms with Crippen LogP contribution in [0, 0.1) is 10.1 Å². The largest absolute Gasteiger partial charge is 0.491 e. The third kappa shape index (κ3) is 7.42. The molecule has 1 atom stereocenters. The molecule has 0 aliphatic heterocycles. The normalized spacial score (nSPS) is 12.5. The molecule has 0 amide bonds. The summed E-state index contributed by atoms with van der Waals surface area (Å²) in [6.07, 6.45) is -0.665. The second-order valence-electron chi connectivity index (χ2n) is 6.75. The molecule has 0 heterocycles. The smallest absolute Gasteiger partial charge is 0.269 e. The molecule has 0 saturated heterocycles. The van der Waals surface area contributed by atoms with E-state index in [4.69, 9.17) is 4.74 Å². The highest BCUT2D eigenvalue weighted by atomic mass is 16.6. The number of aliphatic hydroxyl groups excluding tert-OH is 1. The lowest BCUT2D eigenvalue weighted by Crippen LogP contribution is -2.39. The van der Waals surface area contributed by atoms with Crippen molar-refractivity contribution in [3.05, 3.63) is 69.8 Å². The predicted molar refractivity (Wildman–Crippen MR) is 113 cm³/mol. The van der Waals surface area contributed by atoms with Gasteiger partial charge in [0.2, 0.25) is 0 Å². The van der Waals surface area contributed by atoms with Gasteiger partial charge in [0.05, 0.1) is 23.7 Å². The summed E-state index contributed by atoms with van der Waals surface area (Å²) in [4.78, 5) is 14.8. The average Bonchev–Trinajstić information content (AvgIpc) is 2.69. The molecule has 29 heavy (non-hydrogen) atoms. The van der Waals surface area contributed by atoms with Crippen LogP contribution in [0.1, 0.15) is 38.0 Å². The van der Waals surface area contributed by atoms with Gasteiger partial charge in [-0.1, -0.05) is 24.3 Å². The standard InChI is InChI=1S/C21H28N4O4/c1-4-22-21(23-13-16-8-10-18(11-9-16)25(27)28)24-14-20(26)17-6-5-7-19(12-17)29-15(2)3/h5-12,15,20,26H,4,13-14H2,1-3H3,(H2,22,23,24). The number of benzene rings is 2. The van der Waals surface area contributed by atoms with Crippen molar-refractivity contribution in [1.82, 2.24) is 10.6 Å². The van der Waals surface area contributed by atoms with Crippen molar-refractivity contribution in [2.24, 2.45) is 4.99 Å². The molecule has 0 radical (unpaired) electrons. The highest BCUT2D eigenvalue weighted by Crippen LogP contribution is 2.20. The minimum absolute atomic E-state index is 0.0505. The van der Waals surface area contributed by atoms with Crippen molar-refractivity contribution < 1.29 is 14.8 Å². The first-order valence-corrected chi connectivity index (χ1v) is 9.59. The van der Waals surface area contributed by atoms with E-state index in [0.717, 1.165) is 16.9 Å². The van der Waals surface area contributed by atoms with Gasteiger partial charge >= 0.3 is 0 Å². The van der Waals surface area contributed by atoms with Crippen molar-refractivity contribution >= 4 is 11.6 Å². The first-order valence-electron chi connectivity index (χ1n) is 9.59. The zero-order chi connectivity index (χ0) is 21.2. The van der Waals surface area contributed by atoms with E-state index >= 15 is 0 Å². The number of non-ortho nitro benzene ring substituents is 1. The topological polar surface area (TPSA) is 109 Å². The van der Waals surface area contributed by atoms with Crippen molar-refractivity contribution in [3.63, 3.8) is 0 Å². The Morgan fingerprint density at radius 1 is 1.21 bits per heavy atom. The lowest BCUT2D eigenvalue weighted by atomic mass is 10.1. The number of nitrogens with zero attached hydrogens (tertiary/aromatic N) is 2. The number of ether oxygens (including phenoxy) is 1. The van der Waals surface area contributed by atoms with Gasteiger partial charge in [0, 0.05) is 25.2 Å². The summed E-state index contributed by atoms with van der Waals surface area (Å²) in [5, 5.41) is 27.5. The SMILES string of the molecule is CCNC(=NCc1ccc([N+](=O)[O-])cc1)NCC(O)c1cccc(OC(C)C)c1. The van der Waals surface area contributed by atoms with Gasteiger partial charge in [0.15, 0.2) is 5.96 Å². The van der Waals surface area contributed by atoms with Gasteiger partial charge in [-0.2, -0.15) is 0 Å². The van der Waals surface area contributed by atoms with Crippen LogP contribution >= 0.6 is 0 Å². The first-order chi connectivity index (χ1) is 13.9. The molecule has 156 valence electrons. The van der Waals surface area contributed by atoms with Crippen LogP contribution in [0.2, 0.25) is 0 Å². The molecule has 0 saturated carbocycles. The molecule has 0 spiro atoms. The Balaban J connectivity index is 1.97. The summed E-state index contributed by atoms with van der Waals surface area (Å²) in [6.45, 7) is 7.16. The Labute approximate surface area is 170 Å². The van der Waals surface area contributed by atoms with Crippen LogP contribution in [-0.4, -0.2) is 35.2 Å². The van der Waals surface area contributed by atoms with Crippen LogP contribution in [0.25, 0.3) is 0 Å². The molecule has 8 heteroatoms. The monoisotopic (exact) mass is 400 g/mol. The van der Waals surface area contributed by atoms with Gasteiger partial charge in [0.1, 0.15) is 5.75 Å². The maximum Gasteiger partial charge on any atom is 0.269 e. The van der Waals surface area contributed by atoms with E-state index in [1.807, 2.05) is 45.0 Å². The molecule has 2 aromatic rings. The van der Waals surface area contributed by atoms with Crippen LogP contribution < -0.4 is 15.4 Å². The third-order valence-corrected chi connectivity index (χ3v) is 3.99. The van der Waals surface area contributed by atoms with E-state index in [2.05, 4.69) is 15.6 Å². The number of hydrogen-bond donors (Lipinski definition) is 3. The van der Waals surface area contributed by atoms with Crippen LogP contribution in [0.15, 0.2) is 53.5 Å². The maximum absolute atomic E-state index is 10.7. The lowest BCUT2D eigenvalue weighted by molar-refractivity contribution is -0.384. The van der Waals surface area contributed by atoms with Crippen molar-refractivity contribution in [1.29, 1.82) is 0 Å². The molecule has 0 bridgehead atoms. The zero-order valence-electron chi connectivity index (χ0n) is 17.0. The first kappa shape index (κ1) is 22.2. The molecule has 0 fully saturated rings. The number of nitrogens with one attached hydrogen (secondary N) is 2. The van der Waals surface area contributed by atoms with E-state index in [0.29, 0.717) is 19.0 Å². The van der Waals surface area contributed by atoms with Crippen molar-refractivity contribution in [3.8, 4) is 5.75 Å². The van der Waals surface area contributed by atoms with Crippen LogP contribution in [-0.2, 0) is 6.54 Å². The fourth-order valence-electron chi connectivity index (χ4n) is 2.61. The summed E-state index contributed by atoms with van der Waals surface area (Å²) >= 11 is 0. The fraction of sp³-hybridized carbons (Fsp3) is 0.381. The Morgan fingerprint density at radius 2 is 1.93 bits per heavy atom. The van der Waals surface area contributed by atoms with E-state index < -0.39 is 11.0 Å². The highest BCUT2D eigenvalue weighted by Gasteiger charge is 2.10. The summed E-state index contributed by atoms with van der Waals surface area (Å²) in [7, 11) is 0. The molecule has 0 aliphatic rings. The summed E-state index contributed by atoms with van der Waals surface area (Å²) < 4.78 is 5.67. The molecule has 0 aromatic heterocycles. The second kappa shape index (κ2) is 11.0. The van der Waals surface area contributed by atoms with Gasteiger partial charge < -0.3 is 20.5 Å². The van der Waals surface area contributed by atoms with Crippen molar-refractivity contribution in [2.45, 2.75) is 39.5 Å². The van der Waals surface area contributed by atoms with E-state index in [1.54, 1.807) is 12.1 Å². The number of nitro groups is 1. The molecular weight excluding hydrogens is 372 g/mol. The van der Waals surface area contributed by atoms with Crippen LogP contribution in [0.5, 0.6) is 5.75 Å². The molecule has 2 aromatic carbocycles. The Bertz CT molecular complexity index is 822. The van der Waals surface area contributed by atoms with Gasteiger partial charge in [-0.05, 0) is 44.0 Å². The molecular formula is C21H28N4O4. The number of aliphatic hydroxyl groups is 1. The Kier molecular flexibility index (Phi) is 8.42. The third-order valence-electron chi connectivity index (χ3n) is 3.99. The predicted octanol–water partition coefficient (Wildman–Crippen LogP) is 3.17. The maximum atomic E-state index is 10.7. The zero-order valence-corrected chi connectivity index (χ0v) is 17.0. The van der Waals surface area contributed by atoms with Gasteiger partial charge in [-0.15, -0.1) is 0 Å². The summed E-state index contributed by atoms with van der Waals surface area (Å²) in [5.74, 6) is 1.27. The Hall–Kier alpha value is -3.13. The molecule has 2 rings (SSSR count). The number of guanidine groups is 1. The van der Waals surface area contributed by atoms with Gasteiger partial charge in [-0.3, -0.25) is 10.1 Å².